The smallest absolute Gasteiger partial charge is 0.254 e. The van der Waals surface area contributed by atoms with Gasteiger partial charge in [0.2, 0.25) is 0 Å². The fraction of sp³-hybridized carbons (Fsp3) is 0.458. The van der Waals surface area contributed by atoms with Gasteiger partial charge >= 0.3 is 0 Å². The van der Waals surface area contributed by atoms with E-state index >= 15 is 0 Å². The van der Waals surface area contributed by atoms with Crippen LogP contribution in [0.2, 0.25) is 0 Å². The Morgan fingerprint density at radius 2 is 2.03 bits per heavy atom. The van der Waals surface area contributed by atoms with E-state index in [1.54, 1.807) is 36.9 Å². The number of amides is 1. The lowest BCUT2D eigenvalue weighted by atomic mass is 9.82. The zero-order valence-electron chi connectivity index (χ0n) is 18.2. The third-order valence-corrected chi connectivity index (χ3v) is 5.79. The highest BCUT2D eigenvalue weighted by Gasteiger charge is 2.51. The summed E-state index contributed by atoms with van der Waals surface area (Å²) in [6.45, 7) is 4.68. The summed E-state index contributed by atoms with van der Waals surface area (Å²) in [5.74, 6) is 0.839. The maximum atomic E-state index is 13.2. The molecule has 168 valence electrons. The largest absolute Gasteiger partial charge is 0.493 e. The molecule has 2 aromatic rings. The Bertz CT molecular complexity index is 932. The minimum atomic E-state index is -0.970. The fourth-order valence-corrected chi connectivity index (χ4v) is 4.15. The molecule has 2 saturated heterocycles. The van der Waals surface area contributed by atoms with Gasteiger partial charge in [-0.25, -0.2) is 0 Å². The fourth-order valence-electron chi connectivity index (χ4n) is 4.15. The van der Waals surface area contributed by atoms with Crippen LogP contribution in [0.5, 0.6) is 11.5 Å². The van der Waals surface area contributed by atoms with E-state index in [-0.39, 0.29) is 26.8 Å². The number of methoxy groups -OCH3 is 1. The zero-order chi connectivity index (χ0) is 22.1. The molecular weight excluding hydrogens is 398 g/mol. The second-order valence-corrected chi connectivity index (χ2v) is 8.64. The molecule has 2 aliphatic heterocycles. The molecule has 0 aromatic heterocycles. The number of carbonyl (C=O) groups excluding carboxylic acids is 1. The molecule has 2 fully saturated rings. The summed E-state index contributed by atoms with van der Waals surface area (Å²) < 4.78 is 23.0. The van der Waals surface area contributed by atoms with Crippen LogP contribution in [0.4, 0.5) is 0 Å². The van der Waals surface area contributed by atoms with Gasteiger partial charge in [-0.1, -0.05) is 30.3 Å². The molecule has 2 unspecified atom stereocenters. The average Bonchev–Trinajstić information content (AvgIpc) is 3.21. The van der Waals surface area contributed by atoms with Gasteiger partial charge in [-0.2, -0.15) is 0 Å². The van der Waals surface area contributed by atoms with Crippen LogP contribution in [0.3, 0.4) is 0 Å². The number of aliphatic hydroxyl groups is 1. The van der Waals surface area contributed by atoms with E-state index in [2.05, 4.69) is 12.1 Å². The van der Waals surface area contributed by atoms with E-state index in [0.717, 1.165) is 5.56 Å². The van der Waals surface area contributed by atoms with Crippen LogP contribution in [0, 0.1) is 0 Å². The quantitative estimate of drug-likeness (QED) is 0.760. The molecule has 1 amide bonds. The van der Waals surface area contributed by atoms with Gasteiger partial charge < -0.3 is 29.0 Å². The summed E-state index contributed by atoms with van der Waals surface area (Å²) in [7, 11) is 1.53. The standard InChI is InChI=1S/C24H29NO6.H2/c1-23(2,27)15-29-19-10-9-17(13-20(19)28-3)22(26)25-12-11-24(18-7-5-4-6-8-18)21(14-25)30-16-31-24;/h4-10,13,21,27H,11-12,14-16H2,1-3H3;1H. The highest BCUT2D eigenvalue weighted by molar-refractivity contribution is 5.95. The monoisotopic (exact) mass is 429 g/mol. The second kappa shape index (κ2) is 8.49. The van der Waals surface area contributed by atoms with Gasteiger partial charge in [-0.3, -0.25) is 4.79 Å². The van der Waals surface area contributed by atoms with Gasteiger partial charge in [0.1, 0.15) is 25.1 Å². The van der Waals surface area contributed by atoms with Crippen LogP contribution in [-0.2, 0) is 15.1 Å². The van der Waals surface area contributed by atoms with Crippen molar-refractivity contribution in [3.05, 3.63) is 59.7 Å². The van der Waals surface area contributed by atoms with Gasteiger partial charge in [-0.05, 0) is 37.6 Å². The van der Waals surface area contributed by atoms with Crippen molar-refractivity contribution < 1.29 is 30.3 Å². The van der Waals surface area contributed by atoms with Crippen molar-refractivity contribution in [3.8, 4) is 11.5 Å². The highest BCUT2D eigenvalue weighted by Crippen LogP contribution is 2.42. The van der Waals surface area contributed by atoms with E-state index in [1.807, 2.05) is 18.2 Å². The number of benzene rings is 2. The molecule has 2 aromatic carbocycles. The van der Waals surface area contributed by atoms with Crippen LogP contribution in [0.25, 0.3) is 0 Å². The van der Waals surface area contributed by atoms with Crippen molar-refractivity contribution in [2.24, 2.45) is 0 Å². The number of fused-ring (bicyclic) bond motifs is 1. The number of carbonyl (C=O) groups is 1. The van der Waals surface area contributed by atoms with E-state index in [0.29, 0.717) is 36.6 Å². The first-order chi connectivity index (χ1) is 14.8. The third-order valence-electron chi connectivity index (χ3n) is 5.79. The number of hydrogen-bond donors (Lipinski definition) is 1. The molecule has 0 bridgehead atoms. The summed E-state index contributed by atoms with van der Waals surface area (Å²) in [5.41, 5.74) is 0.116. The zero-order valence-corrected chi connectivity index (χ0v) is 18.2. The molecule has 0 saturated carbocycles. The molecule has 0 radical (unpaired) electrons. The maximum Gasteiger partial charge on any atom is 0.254 e. The van der Waals surface area contributed by atoms with E-state index in [1.165, 1.54) is 7.11 Å². The summed E-state index contributed by atoms with van der Waals surface area (Å²) in [5, 5.41) is 9.88. The molecular formula is C24H31NO6. The molecule has 1 N–H and O–H groups in total. The molecule has 31 heavy (non-hydrogen) atoms. The van der Waals surface area contributed by atoms with Crippen LogP contribution in [0.15, 0.2) is 48.5 Å². The van der Waals surface area contributed by atoms with Crippen molar-refractivity contribution >= 4 is 5.91 Å². The van der Waals surface area contributed by atoms with E-state index < -0.39 is 11.2 Å². The first kappa shape index (κ1) is 21.6. The van der Waals surface area contributed by atoms with Gasteiger partial charge in [0.15, 0.2) is 11.5 Å². The van der Waals surface area contributed by atoms with Gasteiger partial charge in [0.05, 0.1) is 19.3 Å². The lowest BCUT2D eigenvalue weighted by molar-refractivity contribution is -0.0439. The SMILES string of the molecule is COc1cc(C(=O)N2CCC3(c4ccccc4)OCOC3C2)ccc1OCC(C)(C)O.[HH]. The molecule has 0 spiro atoms. The maximum absolute atomic E-state index is 13.2. The Kier molecular flexibility index (Phi) is 5.92. The number of rotatable bonds is 6. The Labute approximate surface area is 184 Å². The molecule has 7 heteroatoms. The van der Waals surface area contributed by atoms with Crippen LogP contribution in [-0.4, -0.2) is 61.2 Å². The molecule has 7 nitrogen and oxygen atoms in total. The number of piperidine rings is 1. The molecule has 2 aliphatic rings. The highest BCUT2D eigenvalue weighted by atomic mass is 16.7. The van der Waals surface area contributed by atoms with Gasteiger partial charge in [0, 0.05) is 20.0 Å². The predicted molar refractivity (Wildman–Crippen MR) is 116 cm³/mol. The average molecular weight is 430 g/mol. The van der Waals surface area contributed by atoms with E-state index in [9.17, 15) is 9.90 Å². The molecule has 2 atom stereocenters. The number of ether oxygens (including phenoxy) is 4. The van der Waals surface area contributed by atoms with Crippen molar-refractivity contribution in [3.63, 3.8) is 0 Å². The Hall–Kier alpha value is -2.61. The Morgan fingerprint density at radius 3 is 2.74 bits per heavy atom. The molecule has 2 heterocycles. The van der Waals surface area contributed by atoms with Crippen LogP contribution >= 0.6 is 0 Å². The van der Waals surface area contributed by atoms with Crippen LogP contribution in [0.1, 0.15) is 37.6 Å². The number of nitrogens with zero attached hydrogens (tertiary/aromatic N) is 1. The first-order valence-corrected chi connectivity index (χ1v) is 10.5. The van der Waals surface area contributed by atoms with Crippen molar-refractivity contribution in [2.75, 3.05) is 33.6 Å². The van der Waals surface area contributed by atoms with Crippen molar-refractivity contribution in [1.29, 1.82) is 0 Å². The van der Waals surface area contributed by atoms with Crippen LogP contribution < -0.4 is 9.47 Å². The van der Waals surface area contributed by atoms with Gasteiger partial charge in [-0.15, -0.1) is 0 Å². The third kappa shape index (κ3) is 4.39. The Balaban J connectivity index is 0.00000289. The molecule has 4 rings (SSSR count). The predicted octanol–water partition coefficient (Wildman–Crippen LogP) is 3.21. The first-order valence-electron chi connectivity index (χ1n) is 10.5. The second-order valence-electron chi connectivity index (χ2n) is 8.64. The minimum Gasteiger partial charge on any atom is -0.493 e. The van der Waals surface area contributed by atoms with Crippen molar-refractivity contribution in [1.82, 2.24) is 4.90 Å². The lowest BCUT2D eigenvalue weighted by Crippen LogP contribution is -2.53. The minimum absolute atomic E-state index is 0. The summed E-state index contributed by atoms with van der Waals surface area (Å²) in [6.07, 6.45) is 0.445. The number of likely N-dealkylation sites (tertiary alicyclic amines) is 1. The Morgan fingerprint density at radius 1 is 1.26 bits per heavy atom. The summed E-state index contributed by atoms with van der Waals surface area (Å²) in [6, 6.07) is 15.2. The summed E-state index contributed by atoms with van der Waals surface area (Å²) >= 11 is 0. The topological polar surface area (TPSA) is 77.5 Å². The van der Waals surface area contributed by atoms with Gasteiger partial charge in [0.25, 0.3) is 5.91 Å². The van der Waals surface area contributed by atoms with Crippen molar-refractivity contribution in [2.45, 2.75) is 37.6 Å². The molecule has 0 aliphatic carbocycles. The van der Waals surface area contributed by atoms with E-state index in [4.69, 9.17) is 18.9 Å². The number of hydrogen-bond acceptors (Lipinski definition) is 6. The normalized spacial score (nSPS) is 23.4. The lowest BCUT2D eigenvalue weighted by Gasteiger charge is -2.42. The summed E-state index contributed by atoms with van der Waals surface area (Å²) in [4.78, 5) is 15.0.